The summed E-state index contributed by atoms with van der Waals surface area (Å²) in [6.07, 6.45) is 4.96. The minimum absolute atomic E-state index is 0.272. The highest BCUT2D eigenvalue weighted by Crippen LogP contribution is 2.57. The van der Waals surface area contributed by atoms with Crippen LogP contribution in [0.4, 0.5) is 0 Å². The Morgan fingerprint density at radius 2 is 0.979 bits per heavy atom. The van der Waals surface area contributed by atoms with E-state index in [1.165, 1.54) is 77.2 Å². The van der Waals surface area contributed by atoms with E-state index < -0.39 is 8.07 Å². The number of hydrogen-bond donors (Lipinski definition) is 0. The molecule has 1 heterocycles. The van der Waals surface area contributed by atoms with E-state index in [-0.39, 0.29) is 5.54 Å². The Labute approximate surface area is 283 Å². The van der Waals surface area contributed by atoms with E-state index in [2.05, 4.69) is 173 Å². The largest absolute Gasteiger partial charge is 0.462 e. The topological polar surface area (TPSA) is 13.1 Å². The van der Waals surface area contributed by atoms with Crippen molar-refractivity contribution in [2.45, 2.75) is 38.0 Å². The summed E-state index contributed by atoms with van der Waals surface area (Å²) in [6, 6.07) is 49.2. The molecule has 48 heavy (non-hydrogen) atoms. The highest BCUT2D eigenvalue weighted by Gasteiger charge is 2.49. The molecule has 7 aromatic rings. The number of rotatable bonds is 5. The van der Waals surface area contributed by atoms with Gasteiger partial charge in [0.25, 0.3) is 0 Å². The molecule has 0 fully saturated rings. The molecule has 0 saturated heterocycles. The van der Waals surface area contributed by atoms with Gasteiger partial charge in [0.15, 0.2) is 0 Å². The number of furan rings is 1. The zero-order valence-corrected chi connectivity index (χ0v) is 28.9. The van der Waals surface area contributed by atoms with Crippen LogP contribution in [-0.2, 0) is 0 Å². The molecule has 1 nitrogen and oxygen atoms in total. The predicted molar refractivity (Wildman–Crippen MR) is 207 cm³/mol. The van der Waals surface area contributed by atoms with Gasteiger partial charge in [0.2, 0.25) is 0 Å². The first kappa shape index (κ1) is 29.0. The first-order valence-corrected chi connectivity index (χ1v) is 20.2. The van der Waals surface area contributed by atoms with Gasteiger partial charge in [-0.15, -0.1) is 0 Å². The molecule has 9 rings (SSSR count). The molecule has 1 aromatic heterocycles. The lowest BCUT2D eigenvalue weighted by atomic mass is 9.93. The fourth-order valence-electron chi connectivity index (χ4n) is 9.10. The van der Waals surface area contributed by atoms with Gasteiger partial charge in [-0.1, -0.05) is 146 Å². The van der Waals surface area contributed by atoms with Gasteiger partial charge in [0.05, 0.1) is 8.07 Å². The van der Waals surface area contributed by atoms with Crippen LogP contribution in [0, 0.1) is 6.92 Å². The molecule has 0 N–H and O–H groups in total. The maximum absolute atomic E-state index is 6.46. The lowest BCUT2D eigenvalue weighted by molar-refractivity contribution is 0.520. The van der Waals surface area contributed by atoms with Crippen LogP contribution in [0.25, 0.3) is 61.5 Å². The number of benzene rings is 6. The first-order valence-electron chi connectivity index (χ1n) is 17.1. The molecule has 2 heteroatoms. The van der Waals surface area contributed by atoms with Crippen molar-refractivity contribution >= 4 is 47.3 Å². The van der Waals surface area contributed by atoms with Gasteiger partial charge in [0, 0.05) is 16.7 Å². The molecule has 232 valence electrons. The molecule has 0 radical (unpaired) electrons. The van der Waals surface area contributed by atoms with Crippen LogP contribution >= 0.6 is 0 Å². The SMILES string of the molecule is CC1=Cc2c(-c3cccc4ccccc34)cccc2C1[Si](C)(C)C1C(c2ccc(C)o2)=Cc2c(-c3cccc4ccccc34)cccc21. The molecule has 0 amide bonds. The lowest BCUT2D eigenvalue weighted by Gasteiger charge is -2.39. The first-order chi connectivity index (χ1) is 23.4. The molecule has 6 aromatic carbocycles. The summed E-state index contributed by atoms with van der Waals surface area (Å²) in [5.41, 5.74) is 14.3. The molecule has 0 aliphatic heterocycles. The molecule has 2 atom stereocenters. The lowest BCUT2D eigenvalue weighted by Crippen LogP contribution is -2.42. The summed E-state index contributed by atoms with van der Waals surface area (Å²) in [6.45, 7) is 9.65. The smallest absolute Gasteiger partial charge is 0.130 e. The van der Waals surface area contributed by atoms with Gasteiger partial charge < -0.3 is 4.42 Å². The summed E-state index contributed by atoms with van der Waals surface area (Å²) in [4.78, 5) is 0. The maximum Gasteiger partial charge on any atom is 0.130 e. The van der Waals surface area contributed by atoms with E-state index in [1.54, 1.807) is 0 Å². The molecule has 2 unspecified atom stereocenters. The molecule has 0 bridgehead atoms. The fraction of sp³-hybridized carbons (Fsp3) is 0.130. The zero-order valence-electron chi connectivity index (χ0n) is 27.9. The quantitative estimate of drug-likeness (QED) is 0.172. The zero-order chi connectivity index (χ0) is 32.6. The molecule has 2 aliphatic carbocycles. The van der Waals surface area contributed by atoms with Crippen molar-refractivity contribution in [2.24, 2.45) is 0 Å². The third kappa shape index (κ3) is 4.36. The van der Waals surface area contributed by atoms with E-state index in [4.69, 9.17) is 4.42 Å². The second kappa shape index (κ2) is 10.9. The Kier molecular flexibility index (Phi) is 6.61. The van der Waals surface area contributed by atoms with Gasteiger partial charge in [-0.05, 0) is 98.1 Å². The van der Waals surface area contributed by atoms with Crippen LogP contribution in [0.15, 0.2) is 143 Å². The number of fused-ring (bicyclic) bond motifs is 4. The van der Waals surface area contributed by atoms with Gasteiger partial charge >= 0.3 is 0 Å². The molecule has 0 spiro atoms. The van der Waals surface area contributed by atoms with Crippen molar-refractivity contribution in [1.29, 1.82) is 0 Å². The van der Waals surface area contributed by atoms with Crippen LogP contribution in [0.3, 0.4) is 0 Å². The second-order valence-electron chi connectivity index (χ2n) is 14.3. The van der Waals surface area contributed by atoms with E-state index in [1.807, 2.05) is 0 Å². The molecule has 0 saturated carbocycles. The van der Waals surface area contributed by atoms with Crippen molar-refractivity contribution in [3.63, 3.8) is 0 Å². The van der Waals surface area contributed by atoms with Crippen LogP contribution in [-0.4, -0.2) is 8.07 Å². The summed E-state index contributed by atoms with van der Waals surface area (Å²) in [5.74, 6) is 1.96. The summed E-state index contributed by atoms with van der Waals surface area (Å²) in [5, 5.41) is 5.16. The van der Waals surface area contributed by atoms with Crippen molar-refractivity contribution in [1.82, 2.24) is 0 Å². The maximum atomic E-state index is 6.46. The Hall–Kier alpha value is -5.18. The van der Waals surface area contributed by atoms with Crippen molar-refractivity contribution < 1.29 is 4.42 Å². The van der Waals surface area contributed by atoms with Crippen LogP contribution < -0.4 is 0 Å². The Morgan fingerprint density at radius 1 is 0.479 bits per heavy atom. The van der Waals surface area contributed by atoms with E-state index in [0.29, 0.717) is 5.54 Å². The normalized spacial score (nSPS) is 17.0. The average Bonchev–Trinajstić information content (AvgIpc) is 3.82. The monoisotopic (exact) mass is 634 g/mol. The van der Waals surface area contributed by atoms with Crippen molar-refractivity contribution in [3.05, 3.63) is 173 Å². The van der Waals surface area contributed by atoms with Gasteiger partial charge in [-0.2, -0.15) is 0 Å². The molecular formula is C46H38OSi. The Morgan fingerprint density at radius 3 is 1.56 bits per heavy atom. The van der Waals surface area contributed by atoms with Crippen LogP contribution in [0.2, 0.25) is 13.1 Å². The summed E-state index contributed by atoms with van der Waals surface area (Å²) in [7, 11) is -2.19. The minimum Gasteiger partial charge on any atom is -0.462 e. The molecule has 2 aliphatic rings. The second-order valence-corrected chi connectivity index (χ2v) is 19.1. The standard InChI is InChI=1S/C46H38OSi/c1-29-27-41-37(35-19-9-15-31-13-5-7-17-33(31)35)21-11-23-39(41)45(29)48(3,4)46-40-24-12-22-38(36-20-10-16-32-14-6-8-18-34(32)36)42(40)28-43(46)44-26-25-30(2)47-44/h5-28,45-46H,1-4H3. The van der Waals surface area contributed by atoms with Crippen LogP contribution in [0.1, 0.15) is 51.8 Å². The van der Waals surface area contributed by atoms with Gasteiger partial charge in [-0.3, -0.25) is 0 Å². The summed E-state index contributed by atoms with van der Waals surface area (Å²) >= 11 is 0. The minimum atomic E-state index is -2.19. The average molecular weight is 635 g/mol. The third-order valence-electron chi connectivity index (χ3n) is 11.0. The van der Waals surface area contributed by atoms with Gasteiger partial charge in [-0.25, -0.2) is 0 Å². The van der Waals surface area contributed by atoms with E-state index in [9.17, 15) is 0 Å². The van der Waals surface area contributed by atoms with E-state index >= 15 is 0 Å². The third-order valence-corrected chi connectivity index (χ3v) is 15.4. The van der Waals surface area contributed by atoms with Crippen molar-refractivity contribution in [3.8, 4) is 22.3 Å². The Bertz CT molecular complexity index is 2460. The number of allylic oxidation sites excluding steroid dienone is 2. The highest BCUT2D eigenvalue weighted by atomic mass is 28.3. The fourth-order valence-corrected chi connectivity index (χ4v) is 13.8. The van der Waals surface area contributed by atoms with Crippen LogP contribution in [0.5, 0.6) is 0 Å². The molecular weight excluding hydrogens is 597 g/mol. The van der Waals surface area contributed by atoms with E-state index in [0.717, 1.165) is 11.5 Å². The summed E-state index contributed by atoms with van der Waals surface area (Å²) < 4.78 is 6.46. The van der Waals surface area contributed by atoms with Gasteiger partial charge in [0.1, 0.15) is 11.5 Å². The predicted octanol–water partition coefficient (Wildman–Crippen LogP) is 12.9. The number of aryl methyl sites for hydroxylation is 1. The van der Waals surface area contributed by atoms with Crippen molar-refractivity contribution in [2.75, 3.05) is 0 Å². The number of hydrogen-bond acceptors (Lipinski definition) is 1. The highest BCUT2D eigenvalue weighted by molar-refractivity contribution is 6.83. The Balaban J connectivity index is 1.22.